The lowest BCUT2D eigenvalue weighted by molar-refractivity contribution is -0.153. The fourth-order valence-corrected chi connectivity index (χ4v) is 3.09. The summed E-state index contributed by atoms with van der Waals surface area (Å²) in [5.74, 6) is 0.0183. The summed E-state index contributed by atoms with van der Waals surface area (Å²) in [6, 6.07) is 0. The quantitative estimate of drug-likeness (QED) is 0.620. The molecule has 4 atom stereocenters. The lowest BCUT2D eigenvalue weighted by Crippen LogP contribution is -2.39. The van der Waals surface area contributed by atoms with Gasteiger partial charge in [-0.05, 0) is 37.5 Å². The zero-order valence-corrected chi connectivity index (χ0v) is 12.1. The van der Waals surface area contributed by atoms with Crippen molar-refractivity contribution in [2.75, 3.05) is 7.11 Å². The highest BCUT2D eigenvalue weighted by Gasteiger charge is 2.37. The maximum atomic E-state index is 11.8. The summed E-state index contributed by atoms with van der Waals surface area (Å²) in [7, 11) is 1.39. The summed E-state index contributed by atoms with van der Waals surface area (Å²) in [5, 5.41) is 10.5. The smallest absolute Gasteiger partial charge is 0.311 e. The number of allylic oxidation sites excluding steroid dienone is 2. The van der Waals surface area contributed by atoms with Crippen molar-refractivity contribution in [1.29, 1.82) is 0 Å². The van der Waals surface area contributed by atoms with Crippen LogP contribution >= 0.6 is 0 Å². The number of carbonyl (C=O) groups is 1. The minimum absolute atomic E-state index is 0.0916. The lowest BCUT2D eigenvalue weighted by atomic mass is 9.74. The Labute approximate surface area is 110 Å². The van der Waals surface area contributed by atoms with E-state index in [-0.39, 0.29) is 17.8 Å². The first kappa shape index (κ1) is 15.2. The van der Waals surface area contributed by atoms with Crippen molar-refractivity contribution in [2.45, 2.75) is 46.6 Å². The second kappa shape index (κ2) is 6.37. The molecule has 3 nitrogen and oxygen atoms in total. The van der Waals surface area contributed by atoms with Crippen LogP contribution in [0.1, 0.15) is 40.5 Å². The van der Waals surface area contributed by atoms with Gasteiger partial charge in [0.05, 0.1) is 19.1 Å². The predicted molar refractivity (Wildman–Crippen MR) is 72.0 cm³/mol. The highest BCUT2D eigenvalue weighted by molar-refractivity contribution is 5.73. The van der Waals surface area contributed by atoms with E-state index < -0.39 is 12.0 Å². The predicted octanol–water partition coefficient (Wildman–Crippen LogP) is 2.78. The summed E-state index contributed by atoms with van der Waals surface area (Å²) in [4.78, 5) is 11.8. The van der Waals surface area contributed by atoms with E-state index in [0.29, 0.717) is 5.92 Å². The Hall–Kier alpha value is -0.830. The highest BCUT2D eigenvalue weighted by atomic mass is 16.5. The van der Waals surface area contributed by atoms with Gasteiger partial charge in [-0.25, -0.2) is 0 Å². The maximum Gasteiger partial charge on any atom is 0.311 e. The average Bonchev–Trinajstić information content (AvgIpc) is 2.26. The Morgan fingerprint density at radius 2 is 2.11 bits per heavy atom. The molecule has 0 fully saturated rings. The van der Waals surface area contributed by atoms with E-state index in [2.05, 4.69) is 19.9 Å². The van der Waals surface area contributed by atoms with Crippen molar-refractivity contribution < 1.29 is 14.6 Å². The molecule has 0 aromatic rings. The average molecular weight is 254 g/mol. The van der Waals surface area contributed by atoms with Gasteiger partial charge >= 0.3 is 5.97 Å². The molecule has 104 valence electrons. The Kier molecular flexibility index (Phi) is 5.39. The molecule has 0 spiro atoms. The van der Waals surface area contributed by atoms with Gasteiger partial charge in [0.2, 0.25) is 0 Å². The largest absolute Gasteiger partial charge is 0.469 e. The van der Waals surface area contributed by atoms with Crippen LogP contribution < -0.4 is 0 Å². The van der Waals surface area contributed by atoms with Crippen LogP contribution in [0.3, 0.4) is 0 Å². The van der Waals surface area contributed by atoms with Gasteiger partial charge in [0, 0.05) is 0 Å². The molecule has 0 saturated carbocycles. The summed E-state index contributed by atoms with van der Waals surface area (Å²) >= 11 is 0. The first-order valence-electron chi connectivity index (χ1n) is 6.80. The summed E-state index contributed by atoms with van der Waals surface area (Å²) in [5.41, 5.74) is 1.31. The molecule has 0 bridgehead atoms. The van der Waals surface area contributed by atoms with E-state index in [9.17, 15) is 9.90 Å². The molecular formula is C15H26O3. The summed E-state index contributed by atoms with van der Waals surface area (Å²) < 4.78 is 4.83. The summed E-state index contributed by atoms with van der Waals surface area (Å²) in [6.07, 6.45) is 3.47. The molecule has 0 aromatic carbocycles. The van der Waals surface area contributed by atoms with E-state index in [1.54, 1.807) is 0 Å². The molecule has 3 heteroatoms. The Morgan fingerprint density at radius 1 is 1.50 bits per heavy atom. The number of rotatable bonds is 4. The third-order valence-electron chi connectivity index (χ3n) is 3.87. The number of carbonyl (C=O) groups excluding carboxylic acids is 1. The van der Waals surface area contributed by atoms with E-state index >= 15 is 0 Å². The number of aliphatic hydroxyl groups is 1. The van der Waals surface area contributed by atoms with Crippen molar-refractivity contribution in [3.8, 4) is 0 Å². The molecule has 0 aromatic heterocycles. The van der Waals surface area contributed by atoms with Crippen LogP contribution in [-0.2, 0) is 9.53 Å². The molecule has 0 saturated heterocycles. The fourth-order valence-electron chi connectivity index (χ4n) is 3.09. The lowest BCUT2D eigenvalue weighted by Gasteiger charge is -2.34. The van der Waals surface area contributed by atoms with Crippen molar-refractivity contribution in [2.24, 2.45) is 23.7 Å². The molecule has 0 aliphatic heterocycles. The summed E-state index contributed by atoms with van der Waals surface area (Å²) in [6.45, 7) is 8.17. The third kappa shape index (κ3) is 3.58. The molecule has 18 heavy (non-hydrogen) atoms. The molecule has 0 heterocycles. The second-order valence-electron chi connectivity index (χ2n) is 5.97. The minimum atomic E-state index is -0.608. The van der Waals surface area contributed by atoms with Crippen molar-refractivity contribution in [1.82, 2.24) is 0 Å². The minimum Gasteiger partial charge on any atom is -0.469 e. The normalized spacial score (nSPS) is 27.6. The van der Waals surface area contributed by atoms with Crippen LogP contribution in [0.25, 0.3) is 0 Å². The molecule has 0 radical (unpaired) electrons. The van der Waals surface area contributed by atoms with Crippen molar-refractivity contribution in [3.63, 3.8) is 0 Å². The number of hydrogen-bond donors (Lipinski definition) is 1. The molecule has 1 aliphatic carbocycles. The van der Waals surface area contributed by atoms with E-state index in [1.165, 1.54) is 12.7 Å². The molecule has 1 aliphatic rings. The number of methoxy groups -OCH3 is 1. The van der Waals surface area contributed by atoms with Gasteiger partial charge in [-0.1, -0.05) is 32.4 Å². The van der Waals surface area contributed by atoms with Crippen LogP contribution in [0.5, 0.6) is 0 Å². The van der Waals surface area contributed by atoms with Crippen LogP contribution in [-0.4, -0.2) is 24.3 Å². The third-order valence-corrected chi connectivity index (χ3v) is 3.87. The van der Waals surface area contributed by atoms with Gasteiger partial charge < -0.3 is 9.84 Å². The van der Waals surface area contributed by atoms with Crippen LogP contribution in [0.15, 0.2) is 11.6 Å². The van der Waals surface area contributed by atoms with Crippen LogP contribution in [0.4, 0.5) is 0 Å². The fraction of sp³-hybridized carbons (Fsp3) is 0.800. The molecule has 0 amide bonds. The second-order valence-corrected chi connectivity index (χ2v) is 5.97. The molecule has 1 N–H and O–H groups in total. The first-order valence-corrected chi connectivity index (χ1v) is 6.80. The van der Waals surface area contributed by atoms with Gasteiger partial charge in [0.25, 0.3) is 0 Å². The number of hydrogen-bond acceptors (Lipinski definition) is 3. The molecule has 1 rings (SSSR count). The van der Waals surface area contributed by atoms with Crippen molar-refractivity contribution >= 4 is 5.97 Å². The Morgan fingerprint density at radius 3 is 2.56 bits per heavy atom. The van der Waals surface area contributed by atoms with Gasteiger partial charge in [0.15, 0.2) is 0 Å². The van der Waals surface area contributed by atoms with Crippen LogP contribution in [0.2, 0.25) is 0 Å². The monoisotopic (exact) mass is 254 g/mol. The number of ether oxygens (including phenoxy) is 1. The molecular weight excluding hydrogens is 228 g/mol. The number of aliphatic hydroxyl groups excluding tert-OH is 1. The van der Waals surface area contributed by atoms with E-state index in [0.717, 1.165) is 12.8 Å². The van der Waals surface area contributed by atoms with Gasteiger partial charge in [-0.15, -0.1) is 0 Å². The van der Waals surface area contributed by atoms with Gasteiger partial charge in [-0.2, -0.15) is 0 Å². The van der Waals surface area contributed by atoms with Crippen molar-refractivity contribution in [3.05, 3.63) is 11.6 Å². The topological polar surface area (TPSA) is 46.5 Å². The first-order chi connectivity index (χ1) is 8.36. The Balaban J connectivity index is 2.81. The zero-order valence-electron chi connectivity index (χ0n) is 12.1. The number of esters is 1. The zero-order chi connectivity index (χ0) is 13.9. The highest BCUT2D eigenvalue weighted by Crippen LogP contribution is 2.34. The van der Waals surface area contributed by atoms with Crippen LogP contribution in [0, 0.1) is 23.7 Å². The maximum absolute atomic E-state index is 11.8. The SMILES string of the molecule is COC(=O)C(C(C)C)C(O)C1CC(C)=CC(C)C1. The van der Waals surface area contributed by atoms with Gasteiger partial charge in [0.1, 0.15) is 0 Å². The van der Waals surface area contributed by atoms with E-state index in [1.807, 2.05) is 13.8 Å². The Bertz CT molecular complexity index is 320. The van der Waals surface area contributed by atoms with Gasteiger partial charge in [-0.3, -0.25) is 4.79 Å². The van der Waals surface area contributed by atoms with E-state index in [4.69, 9.17) is 4.74 Å². The molecule has 4 unspecified atom stereocenters. The standard InChI is InChI=1S/C15H26O3/c1-9(2)13(15(17)18-5)14(16)12-7-10(3)6-11(4)8-12/h6,9-10,12-14,16H,7-8H2,1-5H3.